The van der Waals surface area contributed by atoms with E-state index in [0.29, 0.717) is 24.3 Å². The van der Waals surface area contributed by atoms with Crippen LogP contribution in [0.4, 0.5) is 36.6 Å². The second-order valence-corrected chi connectivity index (χ2v) is 6.84. The summed E-state index contributed by atoms with van der Waals surface area (Å²) >= 11 is 1.58. The molecule has 0 saturated carbocycles. The number of hydrogen-bond acceptors (Lipinski definition) is 7. The van der Waals surface area contributed by atoms with Crippen molar-refractivity contribution in [3.63, 3.8) is 0 Å². The number of nitrogens with two attached hydrogens (primary N) is 1. The smallest absolute Gasteiger partial charge is 0.375 e. The third kappa shape index (κ3) is 5.45. The van der Waals surface area contributed by atoms with Gasteiger partial charge in [0.2, 0.25) is 0 Å². The first-order valence-electron chi connectivity index (χ1n) is 7.14. The predicted octanol–water partition coefficient (Wildman–Crippen LogP) is 4.39. The average molecular weight is 422 g/mol. The molecular weight excluding hydrogens is 406 g/mol. The molecule has 2 aromatic rings. The number of aliphatic hydroxyl groups is 1. The number of rotatable bonds is 5. The van der Waals surface area contributed by atoms with Crippen molar-refractivity contribution in [1.29, 1.82) is 0 Å². The molecule has 26 heavy (non-hydrogen) atoms. The quantitative estimate of drug-likeness (QED) is 0.492. The second kappa shape index (κ2) is 8.86. The number of nitrogen functional groups attached to an aromatic ring is 1. The summed E-state index contributed by atoms with van der Waals surface area (Å²) in [5, 5.41) is 14.1. The monoisotopic (exact) mass is 422 g/mol. The Morgan fingerprint density at radius 3 is 2.15 bits per heavy atom. The molecule has 0 bridgehead atoms. The number of anilines is 2. The zero-order valence-electron chi connectivity index (χ0n) is 13.4. The fraction of sp³-hybridized carbons (Fsp3) is 0.538. The zero-order chi connectivity index (χ0) is 20.0. The first kappa shape index (κ1) is 22.4. The number of nitrogens with one attached hydrogen (secondary N) is 1. The predicted molar refractivity (Wildman–Crippen MR) is 88.0 cm³/mol. The molecule has 0 aliphatic heterocycles. The van der Waals surface area contributed by atoms with Gasteiger partial charge in [-0.1, -0.05) is 24.7 Å². The van der Waals surface area contributed by atoms with Gasteiger partial charge in [-0.3, -0.25) is 0 Å². The van der Waals surface area contributed by atoms with Crippen molar-refractivity contribution in [2.24, 2.45) is 0 Å². The molecule has 13 heteroatoms. The van der Waals surface area contributed by atoms with Gasteiger partial charge in [-0.15, -0.1) is 11.3 Å². The Morgan fingerprint density at radius 1 is 1.15 bits per heavy atom. The SMILES string of the molecule is CCCCNc1ncc(C(O)(C(F)(F)F)C(F)(F)F)s1.Nc1nccs1. The van der Waals surface area contributed by atoms with Crippen LogP contribution in [0.2, 0.25) is 0 Å². The van der Waals surface area contributed by atoms with Crippen LogP contribution in [0.15, 0.2) is 17.8 Å². The number of aromatic nitrogens is 2. The number of thiazole rings is 2. The van der Waals surface area contributed by atoms with Crippen molar-refractivity contribution in [2.75, 3.05) is 17.6 Å². The number of nitrogens with zero attached hydrogens (tertiary/aromatic N) is 2. The van der Waals surface area contributed by atoms with Crippen LogP contribution >= 0.6 is 22.7 Å². The minimum absolute atomic E-state index is 0.0969. The largest absolute Gasteiger partial charge is 0.431 e. The highest BCUT2D eigenvalue weighted by molar-refractivity contribution is 7.15. The Kier molecular flexibility index (Phi) is 7.65. The molecule has 2 rings (SSSR count). The highest BCUT2D eigenvalue weighted by atomic mass is 32.1. The fourth-order valence-electron chi connectivity index (χ4n) is 1.57. The average Bonchev–Trinajstić information content (AvgIpc) is 3.16. The number of unbranched alkanes of at least 4 members (excludes halogenated alkanes) is 1. The van der Waals surface area contributed by atoms with Gasteiger partial charge in [-0.2, -0.15) is 26.3 Å². The van der Waals surface area contributed by atoms with Gasteiger partial charge in [-0.25, -0.2) is 9.97 Å². The molecule has 0 radical (unpaired) electrons. The van der Waals surface area contributed by atoms with Gasteiger partial charge in [-0.05, 0) is 6.42 Å². The van der Waals surface area contributed by atoms with Crippen molar-refractivity contribution in [3.05, 3.63) is 22.7 Å². The lowest BCUT2D eigenvalue weighted by Gasteiger charge is -2.30. The molecule has 0 spiro atoms. The van der Waals surface area contributed by atoms with Gasteiger partial charge in [0.25, 0.3) is 5.60 Å². The van der Waals surface area contributed by atoms with Gasteiger partial charge in [0.15, 0.2) is 10.3 Å². The minimum Gasteiger partial charge on any atom is -0.375 e. The highest BCUT2D eigenvalue weighted by Gasteiger charge is 2.72. The van der Waals surface area contributed by atoms with Crippen LogP contribution in [0, 0.1) is 0 Å². The lowest BCUT2D eigenvalue weighted by Crippen LogP contribution is -2.53. The van der Waals surface area contributed by atoms with Gasteiger partial charge < -0.3 is 16.2 Å². The van der Waals surface area contributed by atoms with E-state index in [4.69, 9.17) is 10.8 Å². The molecule has 0 aliphatic rings. The highest BCUT2D eigenvalue weighted by Crippen LogP contribution is 2.51. The second-order valence-electron chi connectivity index (χ2n) is 4.89. The third-order valence-corrected chi connectivity index (χ3v) is 4.61. The van der Waals surface area contributed by atoms with Crippen LogP contribution in [0.5, 0.6) is 0 Å². The molecule has 0 aliphatic carbocycles. The van der Waals surface area contributed by atoms with E-state index in [1.807, 2.05) is 12.3 Å². The first-order chi connectivity index (χ1) is 11.9. The van der Waals surface area contributed by atoms with E-state index >= 15 is 0 Å². The van der Waals surface area contributed by atoms with Gasteiger partial charge in [0.1, 0.15) is 0 Å². The molecular formula is C13H16F6N4OS2. The standard InChI is InChI=1S/C10H12F6N2OS.C3H4N2S/c1-2-3-4-17-7-18-5-6(20-7)8(19,9(11,12)13)10(14,15)16;4-3-5-1-2-6-3/h5,19H,2-4H2,1H3,(H,17,18);1-2H,(H2,4,5). The van der Waals surface area contributed by atoms with Crippen molar-refractivity contribution in [3.8, 4) is 0 Å². The van der Waals surface area contributed by atoms with Crippen LogP contribution < -0.4 is 11.1 Å². The molecule has 0 fully saturated rings. The van der Waals surface area contributed by atoms with E-state index in [2.05, 4.69) is 15.3 Å². The summed E-state index contributed by atoms with van der Waals surface area (Å²) in [6.45, 7) is 2.25. The Labute approximate surface area is 152 Å². The molecule has 0 atom stereocenters. The van der Waals surface area contributed by atoms with E-state index in [1.165, 1.54) is 11.3 Å². The molecule has 2 aromatic heterocycles. The van der Waals surface area contributed by atoms with Crippen LogP contribution in [-0.2, 0) is 5.60 Å². The van der Waals surface area contributed by atoms with Crippen LogP contribution in [0.25, 0.3) is 0 Å². The third-order valence-electron chi connectivity index (χ3n) is 2.94. The summed E-state index contributed by atoms with van der Waals surface area (Å²) in [6.07, 6.45) is -8.19. The molecule has 0 saturated heterocycles. The summed E-state index contributed by atoms with van der Waals surface area (Å²) in [5.74, 6) is 0. The molecule has 148 valence electrons. The zero-order valence-corrected chi connectivity index (χ0v) is 15.0. The van der Waals surface area contributed by atoms with Crippen molar-refractivity contribution < 1.29 is 31.4 Å². The van der Waals surface area contributed by atoms with Crippen LogP contribution in [0.3, 0.4) is 0 Å². The summed E-state index contributed by atoms with van der Waals surface area (Å²) < 4.78 is 75.5. The molecule has 2 heterocycles. The fourth-order valence-corrected chi connectivity index (χ4v) is 2.93. The Morgan fingerprint density at radius 2 is 1.77 bits per heavy atom. The first-order valence-corrected chi connectivity index (χ1v) is 8.84. The molecule has 0 amide bonds. The number of halogens is 6. The number of hydrogen-bond donors (Lipinski definition) is 3. The van der Waals surface area contributed by atoms with Crippen LogP contribution in [-0.4, -0.2) is 34.0 Å². The topological polar surface area (TPSA) is 84.1 Å². The molecule has 4 N–H and O–H groups in total. The Bertz CT molecular complexity index is 642. The van der Waals surface area contributed by atoms with Crippen molar-refractivity contribution in [1.82, 2.24) is 9.97 Å². The maximum absolute atomic E-state index is 12.6. The lowest BCUT2D eigenvalue weighted by atomic mass is 10.0. The number of alkyl halides is 6. The summed E-state index contributed by atoms with van der Waals surface area (Å²) in [7, 11) is 0. The Hall–Kier alpha value is -1.60. The normalized spacial score (nSPS) is 12.5. The Balaban J connectivity index is 0.000000472. The maximum atomic E-state index is 12.6. The van der Waals surface area contributed by atoms with Gasteiger partial charge in [0, 0.05) is 24.3 Å². The van der Waals surface area contributed by atoms with E-state index < -0.39 is 22.8 Å². The summed E-state index contributed by atoms with van der Waals surface area (Å²) in [6, 6.07) is 0. The lowest BCUT2D eigenvalue weighted by molar-refractivity contribution is -0.375. The minimum atomic E-state index is -5.88. The van der Waals surface area contributed by atoms with Crippen molar-refractivity contribution in [2.45, 2.75) is 37.7 Å². The summed E-state index contributed by atoms with van der Waals surface area (Å²) in [5.41, 5.74) is 0.285. The van der Waals surface area contributed by atoms with E-state index in [0.717, 1.165) is 6.42 Å². The van der Waals surface area contributed by atoms with Gasteiger partial charge in [0.05, 0.1) is 4.88 Å². The molecule has 0 unspecified atom stereocenters. The van der Waals surface area contributed by atoms with Crippen molar-refractivity contribution >= 4 is 32.9 Å². The van der Waals surface area contributed by atoms with E-state index in [9.17, 15) is 26.3 Å². The van der Waals surface area contributed by atoms with E-state index in [1.54, 1.807) is 6.20 Å². The summed E-state index contributed by atoms with van der Waals surface area (Å²) in [4.78, 5) is 5.83. The molecule has 5 nitrogen and oxygen atoms in total. The van der Waals surface area contributed by atoms with Gasteiger partial charge >= 0.3 is 12.4 Å². The van der Waals surface area contributed by atoms with Crippen LogP contribution in [0.1, 0.15) is 24.6 Å². The van der Waals surface area contributed by atoms with E-state index in [-0.39, 0.29) is 16.5 Å². The molecule has 0 aromatic carbocycles. The maximum Gasteiger partial charge on any atom is 0.431 e.